The molecule has 2 aromatic carbocycles. The highest BCUT2D eigenvalue weighted by Crippen LogP contribution is 2.43. The molecular formula is C17H15ClO. The Balaban J connectivity index is 2.32. The van der Waals surface area contributed by atoms with E-state index in [-0.39, 0.29) is 11.2 Å². The lowest BCUT2D eigenvalue weighted by Crippen LogP contribution is -2.13. The molecule has 0 atom stereocenters. The number of hydrogen-bond donors (Lipinski definition) is 0. The largest absolute Gasteiger partial charge is 0.289 e. The molecular weight excluding hydrogens is 256 g/mol. The smallest absolute Gasteiger partial charge is 0.195 e. The van der Waals surface area contributed by atoms with Crippen LogP contribution in [-0.4, -0.2) is 5.78 Å². The molecule has 0 saturated carbocycles. The summed E-state index contributed by atoms with van der Waals surface area (Å²) < 4.78 is 0. The Morgan fingerprint density at radius 2 is 1.53 bits per heavy atom. The third-order valence-electron chi connectivity index (χ3n) is 3.64. The van der Waals surface area contributed by atoms with Gasteiger partial charge in [-0.1, -0.05) is 68.8 Å². The van der Waals surface area contributed by atoms with Gasteiger partial charge in [0.1, 0.15) is 0 Å². The van der Waals surface area contributed by atoms with Gasteiger partial charge in [-0.2, -0.15) is 0 Å². The molecule has 0 bridgehead atoms. The molecule has 0 fully saturated rings. The van der Waals surface area contributed by atoms with Gasteiger partial charge in [-0.3, -0.25) is 4.79 Å². The summed E-state index contributed by atoms with van der Waals surface area (Å²) in [4.78, 5) is 12.5. The highest BCUT2D eigenvalue weighted by Gasteiger charge is 2.31. The molecule has 0 spiro atoms. The first-order chi connectivity index (χ1) is 8.91. The summed E-state index contributed by atoms with van der Waals surface area (Å²) in [6.07, 6.45) is 0. The maximum atomic E-state index is 12.5. The number of ketones is 1. The molecule has 3 rings (SSSR count). The van der Waals surface area contributed by atoms with Crippen LogP contribution < -0.4 is 0 Å². The number of carbonyl (C=O) groups excluding carboxylic acids is 1. The molecule has 0 unspecified atom stereocenters. The fourth-order valence-corrected chi connectivity index (χ4v) is 3.19. The van der Waals surface area contributed by atoms with Crippen molar-refractivity contribution in [1.29, 1.82) is 0 Å². The number of rotatable bonds is 0. The third-order valence-corrected chi connectivity index (χ3v) is 4.03. The third kappa shape index (κ3) is 1.73. The van der Waals surface area contributed by atoms with E-state index in [2.05, 4.69) is 20.8 Å². The van der Waals surface area contributed by atoms with Gasteiger partial charge in [0.05, 0.1) is 5.02 Å². The minimum atomic E-state index is -0.0683. The second-order valence-electron chi connectivity index (χ2n) is 5.97. The van der Waals surface area contributed by atoms with Crippen molar-refractivity contribution in [3.63, 3.8) is 0 Å². The van der Waals surface area contributed by atoms with Crippen LogP contribution in [-0.2, 0) is 5.41 Å². The van der Waals surface area contributed by atoms with Crippen LogP contribution in [0.2, 0.25) is 5.02 Å². The summed E-state index contributed by atoms with van der Waals surface area (Å²) in [6.45, 7) is 6.31. The van der Waals surface area contributed by atoms with Crippen LogP contribution in [0.1, 0.15) is 42.3 Å². The average Bonchev–Trinajstić information content (AvgIpc) is 2.64. The number of hydrogen-bond acceptors (Lipinski definition) is 1. The molecule has 2 aromatic rings. The Morgan fingerprint density at radius 1 is 0.895 bits per heavy atom. The molecule has 1 aliphatic rings. The van der Waals surface area contributed by atoms with Gasteiger partial charge >= 0.3 is 0 Å². The Labute approximate surface area is 118 Å². The number of halogens is 1. The Kier molecular flexibility index (Phi) is 2.58. The number of fused-ring (bicyclic) bond motifs is 3. The summed E-state index contributed by atoms with van der Waals surface area (Å²) >= 11 is 6.50. The topological polar surface area (TPSA) is 17.1 Å². The first-order valence-corrected chi connectivity index (χ1v) is 6.76. The van der Waals surface area contributed by atoms with E-state index in [1.54, 1.807) is 0 Å². The van der Waals surface area contributed by atoms with Crippen molar-refractivity contribution < 1.29 is 4.79 Å². The number of carbonyl (C=O) groups is 1. The molecule has 1 aliphatic carbocycles. The first-order valence-electron chi connectivity index (χ1n) is 6.38. The molecule has 19 heavy (non-hydrogen) atoms. The minimum Gasteiger partial charge on any atom is -0.289 e. The zero-order valence-electron chi connectivity index (χ0n) is 11.3. The van der Waals surface area contributed by atoms with Gasteiger partial charge in [0.25, 0.3) is 0 Å². The molecule has 96 valence electrons. The predicted molar refractivity (Wildman–Crippen MR) is 79.0 cm³/mol. The van der Waals surface area contributed by atoms with Gasteiger partial charge in [0.2, 0.25) is 0 Å². The van der Waals surface area contributed by atoms with Crippen LogP contribution in [0.15, 0.2) is 36.4 Å². The van der Waals surface area contributed by atoms with Crippen LogP contribution in [0, 0.1) is 0 Å². The Hall–Kier alpha value is -1.60. The Bertz CT molecular complexity index is 693. The van der Waals surface area contributed by atoms with Crippen molar-refractivity contribution in [2.24, 2.45) is 0 Å². The molecule has 2 heteroatoms. The van der Waals surface area contributed by atoms with E-state index in [1.807, 2.05) is 36.4 Å². The lowest BCUT2D eigenvalue weighted by atomic mass is 9.85. The van der Waals surface area contributed by atoms with Crippen molar-refractivity contribution in [3.05, 3.63) is 58.1 Å². The zero-order valence-corrected chi connectivity index (χ0v) is 12.0. The highest BCUT2D eigenvalue weighted by atomic mass is 35.5. The SMILES string of the molecule is CC(C)(C)c1ccc2c(c1Cl)C(=O)c1ccccc1-2. The summed E-state index contributed by atoms with van der Waals surface area (Å²) in [5.41, 5.74) is 4.32. The lowest BCUT2D eigenvalue weighted by molar-refractivity contribution is 0.104. The average molecular weight is 271 g/mol. The molecule has 0 amide bonds. The van der Waals surface area contributed by atoms with Crippen LogP contribution in [0.4, 0.5) is 0 Å². The van der Waals surface area contributed by atoms with Crippen LogP contribution in [0.3, 0.4) is 0 Å². The second kappa shape index (κ2) is 3.94. The Morgan fingerprint density at radius 3 is 2.16 bits per heavy atom. The second-order valence-corrected chi connectivity index (χ2v) is 6.35. The first kappa shape index (κ1) is 12.4. The van der Waals surface area contributed by atoms with Gasteiger partial charge in [-0.25, -0.2) is 0 Å². The van der Waals surface area contributed by atoms with Crippen molar-refractivity contribution in [2.45, 2.75) is 26.2 Å². The zero-order chi connectivity index (χ0) is 13.8. The van der Waals surface area contributed by atoms with Crippen LogP contribution in [0.5, 0.6) is 0 Å². The van der Waals surface area contributed by atoms with Crippen LogP contribution >= 0.6 is 11.6 Å². The summed E-state index contributed by atoms with van der Waals surface area (Å²) in [6, 6.07) is 11.7. The maximum absolute atomic E-state index is 12.5. The van der Waals surface area contributed by atoms with E-state index in [0.717, 1.165) is 22.3 Å². The van der Waals surface area contributed by atoms with E-state index in [0.29, 0.717) is 10.6 Å². The lowest BCUT2D eigenvalue weighted by Gasteiger charge is -2.22. The highest BCUT2D eigenvalue weighted by molar-refractivity contribution is 6.38. The van der Waals surface area contributed by atoms with Gasteiger partial charge in [0, 0.05) is 11.1 Å². The van der Waals surface area contributed by atoms with Crippen molar-refractivity contribution in [2.75, 3.05) is 0 Å². The fraction of sp³-hybridized carbons (Fsp3) is 0.235. The molecule has 0 heterocycles. The standard InChI is InChI=1S/C17H15ClO/c1-17(2,3)13-9-8-11-10-6-4-5-7-12(10)16(19)14(11)15(13)18/h4-9H,1-3H3. The van der Waals surface area contributed by atoms with Crippen LogP contribution in [0.25, 0.3) is 11.1 Å². The van der Waals surface area contributed by atoms with E-state index < -0.39 is 0 Å². The molecule has 0 saturated heterocycles. The van der Waals surface area contributed by atoms with Gasteiger partial charge in [-0.05, 0) is 22.1 Å². The predicted octanol–water partition coefficient (Wildman–Crippen LogP) is 4.85. The molecule has 0 aliphatic heterocycles. The quantitative estimate of drug-likeness (QED) is 0.571. The molecule has 0 N–H and O–H groups in total. The van der Waals surface area contributed by atoms with Crippen molar-refractivity contribution >= 4 is 17.4 Å². The van der Waals surface area contributed by atoms with Crippen molar-refractivity contribution in [1.82, 2.24) is 0 Å². The van der Waals surface area contributed by atoms with Crippen molar-refractivity contribution in [3.8, 4) is 11.1 Å². The van der Waals surface area contributed by atoms with E-state index in [4.69, 9.17) is 11.6 Å². The molecule has 0 aromatic heterocycles. The summed E-state index contributed by atoms with van der Waals surface area (Å²) in [5, 5.41) is 0.603. The summed E-state index contributed by atoms with van der Waals surface area (Å²) in [5.74, 6) is 0.0432. The number of benzene rings is 2. The normalized spacial score (nSPS) is 13.4. The van der Waals surface area contributed by atoms with E-state index in [9.17, 15) is 4.79 Å². The van der Waals surface area contributed by atoms with Gasteiger partial charge in [-0.15, -0.1) is 0 Å². The van der Waals surface area contributed by atoms with E-state index in [1.165, 1.54) is 0 Å². The van der Waals surface area contributed by atoms with E-state index >= 15 is 0 Å². The minimum absolute atomic E-state index is 0.0432. The van der Waals surface area contributed by atoms with Gasteiger partial charge in [0.15, 0.2) is 5.78 Å². The summed E-state index contributed by atoms with van der Waals surface area (Å²) in [7, 11) is 0. The maximum Gasteiger partial charge on any atom is 0.195 e. The van der Waals surface area contributed by atoms with Gasteiger partial charge < -0.3 is 0 Å². The monoisotopic (exact) mass is 270 g/mol. The fourth-order valence-electron chi connectivity index (χ4n) is 2.65. The molecule has 1 nitrogen and oxygen atoms in total. The molecule has 0 radical (unpaired) electrons.